The van der Waals surface area contributed by atoms with Crippen LogP contribution in [-0.2, 0) is 16.2 Å². The van der Waals surface area contributed by atoms with E-state index in [2.05, 4.69) is 15.4 Å². The molecule has 0 spiro atoms. The Hall–Kier alpha value is -2.37. The molecule has 10 nitrogen and oxygen atoms in total. The minimum absolute atomic E-state index is 0.179. The Morgan fingerprint density at radius 1 is 1.35 bits per heavy atom. The van der Waals surface area contributed by atoms with Gasteiger partial charge in [-0.05, 0) is 24.1 Å². The molecule has 3 heterocycles. The first-order valence-corrected chi connectivity index (χ1v) is 7.99. The number of aliphatic hydroxyl groups excluding tert-OH is 3. The van der Waals surface area contributed by atoms with E-state index >= 15 is 0 Å². The van der Waals surface area contributed by atoms with Gasteiger partial charge in [-0.3, -0.25) is 14.4 Å². The van der Waals surface area contributed by atoms with Crippen molar-refractivity contribution in [1.82, 2.24) is 14.5 Å². The van der Waals surface area contributed by atoms with Crippen LogP contribution in [0.25, 0.3) is 0 Å². The Kier molecular flexibility index (Phi) is 5.59. The van der Waals surface area contributed by atoms with Crippen molar-refractivity contribution in [2.75, 3.05) is 12.1 Å². The summed E-state index contributed by atoms with van der Waals surface area (Å²) < 4.78 is 6.35. The summed E-state index contributed by atoms with van der Waals surface area (Å²) in [5, 5.41) is 28.9. The number of nitrogens with one attached hydrogen (secondary N) is 1. The monoisotopic (exact) mass is 364 g/mol. The zero-order valence-corrected chi connectivity index (χ0v) is 14.0. The number of pyridine rings is 1. The number of nitrogens with zero attached hydrogens (tertiary/aromatic N) is 3. The molecule has 2 aromatic rings. The summed E-state index contributed by atoms with van der Waals surface area (Å²) in [5.74, 6) is 0.179. The van der Waals surface area contributed by atoms with Gasteiger partial charge in [-0.25, -0.2) is 10.3 Å². The number of aromatic nitrogens is 3. The van der Waals surface area contributed by atoms with E-state index in [4.69, 9.17) is 14.7 Å². The summed E-state index contributed by atoms with van der Waals surface area (Å²) >= 11 is 0. The zero-order chi connectivity index (χ0) is 18.7. The second kappa shape index (κ2) is 7.89. The van der Waals surface area contributed by atoms with Gasteiger partial charge < -0.3 is 20.1 Å². The predicted octanol–water partition coefficient (Wildman–Crippen LogP) is -0.898. The highest BCUT2D eigenvalue weighted by Gasteiger charge is 2.43. The van der Waals surface area contributed by atoms with Gasteiger partial charge in [0.15, 0.2) is 12.0 Å². The molecule has 1 aliphatic rings. The molecular weight excluding hydrogens is 344 g/mol. The predicted molar refractivity (Wildman–Crippen MR) is 88.9 cm³/mol. The van der Waals surface area contributed by atoms with E-state index in [1.807, 2.05) is 13.0 Å². The molecule has 4 atom stereocenters. The smallest absolute Gasteiger partial charge is 0.351 e. The largest absolute Gasteiger partial charge is 0.394 e. The first-order valence-electron chi connectivity index (χ1n) is 7.99. The van der Waals surface area contributed by atoms with Crippen molar-refractivity contribution < 1.29 is 24.9 Å². The van der Waals surface area contributed by atoms with Gasteiger partial charge in [-0.15, -0.1) is 0 Å². The highest BCUT2D eigenvalue weighted by molar-refractivity contribution is 5.29. The molecule has 3 rings (SSSR count). The van der Waals surface area contributed by atoms with Gasteiger partial charge in [0.25, 0.3) is 0 Å². The highest BCUT2D eigenvalue weighted by atomic mass is 16.6. The van der Waals surface area contributed by atoms with Crippen LogP contribution in [0.4, 0.5) is 5.82 Å². The molecule has 4 N–H and O–H groups in total. The van der Waals surface area contributed by atoms with Crippen LogP contribution in [0, 0.1) is 6.92 Å². The summed E-state index contributed by atoms with van der Waals surface area (Å²) in [7, 11) is 0. The summed E-state index contributed by atoms with van der Waals surface area (Å²) in [6, 6.07) is 3.38. The maximum Gasteiger partial charge on any atom is 0.351 e. The number of anilines is 1. The van der Waals surface area contributed by atoms with Crippen LogP contribution in [0.5, 0.6) is 0 Å². The van der Waals surface area contributed by atoms with Crippen molar-refractivity contribution >= 4 is 5.82 Å². The fourth-order valence-electron chi connectivity index (χ4n) is 2.66. The van der Waals surface area contributed by atoms with E-state index in [0.717, 1.165) is 15.7 Å². The highest BCUT2D eigenvalue weighted by Crippen LogP contribution is 2.28. The van der Waals surface area contributed by atoms with E-state index in [9.17, 15) is 15.0 Å². The van der Waals surface area contributed by atoms with Crippen LogP contribution in [0.3, 0.4) is 0 Å². The van der Waals surface area contributed by atoms with E-state index in [1.165, 1.54) is 12.3 Å². The molecular formula is C16H20N4O6. The molecule has 26 heavy (non-hydrogen) atoms. The maximum atomic E-state index is 12.2. The van der Waals surface area contributed by atoms with Crippen molar-refractivity contribution in [1.29, 1.82) is 0 Å². The molecule has 0 aliphatic carbocycles. The van der Waals surface area contributed by atoms with Crippen LogP contribution in [0.2, 0.25) is 0 Å². The molecule has 1 fully saturated rings. The number of aliphatic hydroxyl groups is 3. The molecule has 1 saturated heterocycles. The third-order valence-corrected chi connectivity index (χ3v) is 3.97. The minimum Gasteiger partial charge on any atom is -0.394 e. The number of hydrogen-bond acceptors (Lipinski definition) is 9. The van der Waals surface area contributed by atoms with Gasteiger partial charge in [0.05, 0.1) is 6.61 Å². The summed E-state index contributed by atoms with van der Waals surface area (Å²) in [6.07, 6.45) is 0.0193. The number of ether oxygens (including phenoxy) is 1. The summed E-state index contributed by atoms with van der Waals surface area (Å²) in [4.78, 5) is 25.3. The first-order chi connectivity index (χ1) is 12.5. The van der Waals surface area contributed by atoms with Gasteiger partial charge >= 0.3 is 5.69 Å². The van der Waals surface area contributed by atoms with E-state index in [1.54, 1.807) is 12.4 Å². The molecule has 0 bridgehead atoms. The topological polar surface area (TPSA) is 139 Å². The molecule has 0 radical (unpaired) electrons. The Balaban J connectivity index is 1.63. The zero-order valence-electron chi connectivity index (χ0n) is 14.0. The molecule has 0 aromatic carbocycles. The van der Waals surface area contributed by atoms with Gasteiger partial charge in [-0.2, -0.15) is 4.98 Å². The normalized spacial score (nSPS) is 25.4. The van der Waals surface area contributed by atoms with Crippen molar-refractivity contribution in [3.05, 3.63) is 52.3 Å². The number of rotatable bonds is 6. The lowest BCUT2D eigenvalue weighted by molar-refractivity contribution is -0.0549. The SMILES string of the molecule is Cc1cncc(CONc2ccn([C@@H]3O[C@H](CO)[C@@H](O)[C@H]3O)c(=O)n2)c1. The van der Waals surface area contributed by atoms with Crippen LogP contribution >= 0.6 is 0 Å². The summed E-state index contributed by atoms with van der Waals surface area (Å²) in [6.45, 7) is 1.68. The van der Waals surface area contributed by atoms with Crippen LogP contribution in [0.15, 0.2) is 35.5 Å². The van der Waals surface area contributed by atoms with E-state index in [0.29, 0.717) is 0 Å². The molecule has 10 heteroatoms. The second-order valence-electron chi connectivity index (χ2n) is 5.99. The molecule has 2 aromatic heterocycles. The van der Waals surface area contributed by atoms with Gasteiger partial charge in [0, 0.05) is 18.6 Å². The average molecular weight is 364 g/mol. The first kappa shape index (κ1) is 18.4. The summed E-state index contributed by atoms with van der Waals surface area (Å²) in [5.41, 5.74) is 3.73. The van der Waals surface area contributed by atoms with Gasteiger partial charge in [0.2, 0.25) is 0 Å². The van der Waals surface area contributed by atoms with Crippen molar-refractivity contribution in [2.45, 2.75) is 38.1 Å². The van der Waals surface area contributed by atoms with Crippen LogP contribution in [0.1, 0.15) is 17.4 Å². The van der Waals surface area contributed by atoms with E-state index < -0.39 is 36.8 Å². The minimum atomic E-state index is -1.35. The standard InChI is InChI=1S/C16H20N4O6/c1-9-4-10(6-17-5-9)8-25-19-12-2-3-20(16(24)18-12)15-14(23)13(22)11(7-21)26-15/h2-6,11,13-15,21-23H,7-8H2,1H3,(H,18,19,24)/t11-,13-,14-,15-/m1/s1. The number of aryl methyl sites for hydroxylation is 1. The van der Waals surface area contributed by atoms with Crippen molar-refractivity contribution in [3.8, 4) is 0 Å². The fourth-order valence-corrected chi connectivity index (χ4v) is 2.66. The average Bonchev–Trinajstić information content (AvgIpc) is 2.90. The molecule has 140 valence electrons. The van der Waals surface area contributed by atoms with Crippen LogP contribution < -0.4 is 11.2 Å². The van der Waals surface area contributed by atoms with Crippen molar-refractivity contribution in [2.24, 2.45) is 0 Å². The Labute approximate surface area is 148 Å². The molecule has 0 saturated carbocycles. The number of hydrogen-bond donors (Lipinski definition) is 4. The fraction of sp³-hybridized carbons (Fsp3) is 0.438. The molecule has 1 aliphatic heterocycles. The van der Waals surface area contributed by atoms with E-state index in [-0.39, 0.29) is 12.4 Å². The third-order valence-electron chi connectivity index (χ3n) is 3.97. The second-order valence-corrected chi connectivity index (χ2v) is 5.99. The molecule has 0 unspecified atom stereocenters. The Morgan fingerprint density at radius 3 is 2.81 bits per heavy atom. The van der Waals surface area contributed by atoms with Gasteiger partial charge in [0.1, 0.15) is 24.9 Å². The Morgan fingerprint density at radius 2 is 2.15 bits per heavy atom. The van der Waals surface area contributed by atoms with Crippen LogP contribution in [-0.4, -0.2) is 54.8 Å². The Bertz CT molecular complexity index is 813. The van der Waals surface area contributed by atoms with Gasteiger partial charge in [-0.1, -0.05) is 6.07 Å². The van der Waals surface area contributed by atoms with Crippen molar-refractivity contribution in [3.63, 3.8) is 0 Å². The molecule has 0 amide bonds. The third kappa shape index (κ3) is 3.89. The quantitative estimate of drug-likeness (QED) is 0.480. The lowest BCUT2D eigenvalue weighted by atomic mass is 10.1. The lowest BCUT2D eigenvalue weighted by Gasteiger charge is -2.17. The maximum absolute atomic E-state index is 12.2. The lowest BCUT2D eigenvalue weighted by Crippen LogP contribution is -2.36.